The van der Waals surface area contributed by atoms with E-state index in [0.29, 0.717) is 27.1 Å². The van der Waals surface area contributed by atoms with Crippen molar-refractivity contribution in [3.05, 3.63) is 85.7 Å². The van der Waals surface area contributed by atoms with Crippen LogP contribution in [0.4, 0.5) is 11.4 Å². The number of halogens is 1. The number of hydrogen-bond acceptors (Lipinski definition) is 10. The zero-order valence-corrected chi connectivity index (χ0v) is 22.9. The van der Waals surface area contributed by atoms with E-state index in [4.69, 9.17) is 13.7 Å². The smallest absolute Gasteiger partial charge is 0.339 e. The molecule has 3 aromatic rings. The standard InChI is InChI=1S/C24H18BrN3O8S2/c1-34-17-7-3-15(4-8-17)26-24-27-23(29)21(37-24)13-14-11-19(25)22(20(12-14)35-2)36-38(32,33)18-9-5-16(6-10-18)28(30)31/h3-13H,1-2H3,(H,26,27,29)/b21-13-. The maximum atomic E-state index is 12.8. The molecule has 1 amide bonds. The lowest BCUT2D eigenvalue weighted by Crippen LogP contribution is -2.19. The van der Waals surface area contributed by atoms with Crippen molar-refractivity contribution >= 4 is 66.3 Å². The first-order chi connectivity index (χ1) is 18.1. The molecule has 0 aliphatic carbocycles. The molecule has 1 aliphatic rings. The fourth-order valence-corrected chi connectivity index (χ4v) is 5.65. The number of rotatable bonds is 8. The molecule has 0 unspecified atom stereocenters. The average Bonchev–Trinajstić information content (AvgIpc) is 3.23. The number of non-ortho nitro benzene ring substituents is 1. The SMILES string of the molecule is COc1ccc(N=C2NC(=O)/C(=C/c3cc(Br)c(OS(=O)(=O)c4ccc([N+](=O)[O-])cc4)c(OC)c3)S2)cc1. The number of methoxy groups -OCH3 is 2. The summed E-state index contributed by atoms with van der Waals surface area (Å²) in [7, 11) is -1.44. The van der Waals surface area contributed by atoms with Crippen LogP contribution >= 0.6 is 27.7 Å². The predicted octanol–water partition coefficient (Wildman–Crippen LogP) is 5.03. The third kappa shape index (κ3) is 6.15. The number of carbonyl (C=O) groups is 1. The van der Waals surface area contributed by atoms with Crippen molar-refractivity contribution in [1.29, 1.82) is 0 Å². The number of amidine groups is 1. The van der Waals surface area contributed by atoms with Gasteiger partial charge in [-0.05, 0) is 87.9 Å². The molecule has 1 saturated heterocycles. The number of nitrogens with one attached hydrogen (secondary N) is 1. The molecule has 1 heterocycles. The third-order valence-corrected chi connectivity index (χ3v) is 7.77. The second-order valence-corrected chi connectivity index (χ2v) is 10.9. The van der Waals surface area contributed by atoms with Gasteiger partial charge in [-0.25, -0.2) is 4.99 Å². The number of aliphatic imine (C=N–C) groups is 1. The number of benzene rings is 3. The van der Waals surface area contributed by atoms with Crippen molar-refractivity contribution in [2.75, 3.05) is 14.2 Å². The lowest BCUT2D eigenvalue weighted by Gasteiger charge is -2.13. The van der Waals surface area contributed by atoms with Crippen LogP contribution in [0, 0.1) is 10.1 Å². The topological polar surface area (TPSA) is 146 Å². The van der Waals surface area contributed by atoms with Crippen LogP contribution in [0.25, 0.3) is 6.08 Å². The second-order valence-electron chi connectivity index (χ2n) is 7.50. The molecule has 0 saturated carbocycles. The van der Waals surface area contributed by atoms with Gasteiger partial charge in [0.15, 0.2) is 16.7 Å². The van der Waals surface area contributed by atoms with E-state index in [1.807, 2.05) is 0 Å². The van der Waals surface area contributed by atoms with Gasteiger partial charge >= 0.3 is 10.1 Å². The summed E-state index contributed by atoms with van der Waals surface area (Å²) in [6.45, 7) is 0. The van der Waals surface area contributed by atoms with Gasteiger partial charge in [0, 0.05) is 12.1 Å². The van der Waals surface area contributed by atoms with Gasteiger partial charge in [-0.2, -0.15) is 8.42 Å². The molecule has 14 heteroatoms. The minimum Gasteiger partial charge on any atom is -0.497 e. The molecule has 38 heavy (non-hydrogen) atoms. The number of hydrogen-bond donors (Lipinski definition) is 1. The van der Waals surface area contributed by atoms with Gasteiger partial charge in [0.25, 0.3) is 11.6 Å². The quantitative estimate of drug-likeness (QED) is 0.159. The van der Waals surface area contributed by atoms with E-state index in [0.717, 1.165) is 36.0 Å². The van der Waals surface area contributed by atoms with E-state index >= 15 is 0 Å². The molecule has 1 aliphatic heterocycles. The molecule has 11 nitrogen and oxygen atoms in total. The van der Waals surface area contributed by atoms with E-state index in [1.54, 1.807) is 43.5 Å². The minimum atomic E-state index is -4.34. The fourth-order valence-electron chi connectivity index (χ4n) is 3.20. The van der Waals surface area contributed by atoms with Crippen LogP contribution in [0.1, 0.15) is 5.56 Å². The monoisotopic (exact) mass is 619 g/mol. The highest BCUT2D eigenvalue weighted by Gasteiger charge is 2.26. The van der Waals surface area contributed by atoms with Crippen molar-refractivity contribution in [1.82, 2.24) is 5.32 Å². The summed E-state index contributed by atoms with van der Waals surface area (Å²) in [4.78, 5) is 27.2. The number of nitrogens with zero attached hydrogens (tertiary/aromatic N) is 2. The second kappa shape index (κ2) is 11.2. The number of amides is 1. The van der Waals surface area contributed by atoms with Gasteiger partial charge < -0.3 is 19.0 Å². The van der Waals surface area contributed by atoms with Crippen LogP contribution < -0.4 is 19.0 Å². The predicted molar refractivity (Wildman–Crippen MR) is 145 cm³/mol. The first-order valence-corrected chi connectivity index (χ1v) is 13.6. The van der Waals surface area contributed by atoms with Crippen LogP contribution in [0.15, 0.2) is 79.9 Å². The highest BCUT2D eigenvalue weighted by atomic mass is 79.9. The summed E-state index contributed by atoms with van der Waals surface area (Å²) in [5.74, 6) is 0.286. The Hall–Kier alpha value is -3.88. The third-order valence-electron chi connectivity index (χ3n) is 5.03. The summed E-state index contributed by atoms with van der Waals surface area (Å²) < 4.78 is 41.5. The maximum absolute atomic E-state index is 12.8. The van der Waals surface area contributed by atoms with Gasteiger partial charge in [-0.1, -0.05) is 0 Å². The lowest BCUT2D eigenvalue weighted by molar-refractivity contribution is -0.384. The van der Waals surface area contributed by atoms with Crippen LogP contribution in [-0.4, -0.2) is 38.6 Å². The Morgan fingerprint density at radius 2 is 1.74 bits per heavy atom. The van der Waals surface area contributed by atoms with E-state index in [2.05, 4.69) is 26.2 Å². The van der Waals surface area contributed by atoms with Gasteiger partial charge in [0.2, 0.25) is 0 Å². The van der Waals surface area contributed by atoms with Crippen molar-refractivity contribution < 1.29 is 31.8 Å². The largest absolute Gasteiger partial charge is 0.497 e. The van der Waals surface area contributed by atoms with E-state index in [9.17, 15) is 23.3 Å². The molecule has 0 bridgehead atoms. The summed E-state index contributed by atoms with van der Waals surface area (Å²) in [6, 6.07) is 14.4. The van der Waals surface area contributed by atoms with E-state index in [-0.39, 0.29) is 32.5 Å². The summed E-state index contributed by atoms with van der Waals surface area (Å²) in [5, 5.41) is 13.9. The molecule has 4 rings (SSSR count). The van der Waals surface area contributed by atoms with E-state index in [1.165, 1.54) is 13.2 Å². The zero-order valence-electron chi connectivity index (χ0n) is 19.7. The minimum absolute atomic E-state index is 0.0761. The van der Waals surface area contributed by atoms with Crippen LogP contribution in [0.3, 0.4) is 0 Å². The van der Waals surface area contributed by atoms with Gasteiger partial charge in [0.1, 0.15) is 10.6 Å². The molecule has 1 fully saturated rings. The Kier molecular flexibility index (Phi) is 8.04. The number of thioether (sulfide) groups is 1. The first kappa shape index (κ1) is 27.2. The molecule has 0 atom stereocenters. The fraction of sp³-hybridized carbons (Fsp3) is 0.0833. The number of carbonyl (C=O) groups excluding carboxylic acids is 1. The molecule has 0 spiro atoms. The van der Waals surface area contributed by atoms with Crippen molar-refractivity contribution in [2.45, 2.75) is 4.90 Å². The Morgan fingerprint density at radius 3 is 2.34 bits per heavy atom. The average molecular weight is 620 g/mol. The molecular weight excluding hydrogens is 602 g/mol. The van der Waals surface area contributed by atoms with Crippen LogP contribution in [0.5, 0.6) is 17.2 Å². The normalized spacial score (nSPS) is 15.4. The Bertz CT molecular complexity index is 1570. The summed E-state index contributed by atoms with van der Waals surface area (Å²) in [5.41, 5.74) is 0.901. The van der Waals surface area contributed by atoms with Crippen molar-refractivity contribution in [3.63, 3.8) is 0 Å². The summed E-state index contributed by atoms with van der Waals surface area (Å²) >= 11 is 4.44. The molecule has 0 radical (unpaired) electrons. The number of nitro benzene ring substituents is 1. The van der Waals surface area contributed by atoms with Crippen molar-refractivity contribution in [2.24, 2.45) is 4.99 Å². The highest BCUT2D eigenvalue weighted by molar-refractivity contribution is 9.10. The molecular formula is C24H18BrN3O8S2. The molecule has 0 aromatic heterocycles. The zero-order chi connectivity index (χ0) is 27.4. The van der Waals surface area contributed by atoms with E-state index < -0.39 is 15.0 Å². The lowest BCUT2D eigenvalue weighted by atomic mass is 10.2. The van der Waals surface area contributed by atoms with Gasteiger partial charge in [0.05, 0.1) is 34.2 Å². The number of nitro groups is 1. The molecule has 1 N–H and O–H groups in total. The molecule has 3 aromatic carbocycles. The van der Waals surface area contributed by atoms with Crippen LogP contribution in [0.2, 0.25) is 0 Å². The first-order valence-electron chi connectivity index (χ1n) is 10.6. The van der Waals surface area contributed by atoms with Gasteiger partial charge in [-0.15, -0.1) is 0 Å². The Balaban J connectivity index is 1.57. The Morgan fingerprint density at radius 1 is 1.05 bits per heavy atom. The van der Waals surface area contributed by atoms with Crippen molar-refractivity contribution in [3.8, 4) is 17.2 Å². The number of ether oxygens (including phenoxy) is 2. The Labute approximate surface area is 229 Å². The summed E-state index contributed by atoms with van der Waals surface area (Å²) in [6.07, 6.45) is 1.60. The highest BCUT2D eigenvalue weighted by Crippen LogP contribution is 2.40. The van der Waals surface area contributed by atoms with Crippen LogP contribution in [-0.2, 0) is 14.9 Å². The molecule has 196 valence electrons. The van der Waals surface area contributed by atoms with Gasteiger partial charge in [-0.3, -0.25) is 14.9 Å². The maximum Gasteiger partial charge on any atom is 0.339 e.